The third-order valence-corrected chi connectivity index (χ3v) is 18.6. The summed E-state index contributed by atoms with van der Waals surface area (Å²) in [7, 11) is 12.2. The Kier molecular flexibility index (Phi) is 20.2. The van der Waals surface area contributed by atoms with E-state index in [9.17, 15) is 0 Å². The van der Waals surface area contributed by atoms with Gasteiger partial charge in [-0.2, -0.15) is 0 Å². The molecule has 0 aromatic heterocycles. The van der Waals surface area contributed by atoms with E-state index in [-0.39, 0.29) is 10.8 Å². The number of rotatable bonds is 22. The molecule has 11 aromatic carbocycles. The van der Waals surface area contributed by atoms with Gasteiger partial charge in [-0.15, -0.1) is 0 Å². The number of aryl methyl sites for hydroxylation is 4. The quantitative estimate of drug-likeness (QED) is 0.0493. The second kappa shape index (κ2) is 28.8. The van der Waals surface area contributed by atoms with Crippen LogP contribution in [-0.2, 0) is 23.7 Å². The van der Waals surface area contributed by atoms with E-state index in [2.05, 4.69) is 297 Å². The van der Waals surface area contributed by atoms with Gasteiger partial charge in [0.2, 0.25) is 0 Å². The molecule has 0 heterocycles. The fourth-order valence-corrected chi connectivity index (χ4v) is 13.0. The first-order valence-corrected chi connectivity index (χ1v) is 33.7. The van der Waals surface area contributed by atoms with Gasteiger partial charge in [0.05, 0.1) is 0 Å². The SMILES string of the molecule is [B]c1ccc(-c2ccc(N(c3ccc(-c4ccc(C(C)(C)C)cc4)cc3)c3ccc(-c4cc(CCCCCC)c(-c5ccc(N(c6ccc(-c7ccc([B])cc7)cc6)c6ccc(-c7ccc(C(C)(C)C)cc7)cc6)cc5C)cc4CCCCCC)c(C)c3)cc2)cc1. The molecule has 4 heteroatoms. The average molecular weight is 1200 g/mol. The summed E-state index contributed by atoms with van der Waals surface area (Å²) in [6, 6.07) is 90.1. The molecule has 92 heavy (non-hydrogen) atoms. The number of benzene rings is 11. The fourth-order valence-electron chi connectivity index (χ4n) is 13.0. The average Bonchev–Trinajstić information content (AvgIpc) is 0.794. The highest BCUT2D eigenvalue weighted by molar-refractivity contribution is 6.32. The number of hydrogen-bond donors (Lipinski definition) is 0. The van der Waals surface area contributed by atoms with Gasteiger partial charge in [0.15, 0.2) is 0 Å². The predicted octanol–water partition coefficient (Wildman–Crippen LogP) is 23.7. The van der Waals surface area contributed by atoms with E-state index in [1.165, 1.54) is 116 Å². The molecule has 0 N–H and O–H groups in total. The van der Waals surface area contributed by atoms with E-state index in [4.69, 9.17) is 15.7 Å². The van der Waals surface area contributed by atoms with E-state index < -0.39 is 0 Å². The van der Waals surface area contributed by atoms with Crippen LogP contribution in [0.5, 0.6) is 0 Å². The number of anilines is 6. The third kappa shape index (κ3) is 15.2. The van der Waals surface area contributed by atoms with Gasteiger partial charge in [-0.25, -0.2) is 0 Å². The van der Waals surface area contributed by atoms with Crippen molar-refractivity contribution in [2.24, 2.45) is 0 Å². The van der Waals surface area contributed by atoms with Gasteiger partial charge in [0, 0.05) is 34.1 Å². The molecule has 0 unspecified atom stereocenters. The van der Waals surface area contributed by atoms with Gasteiger partial charge in [-0.3, -0.25) is 0 Å². The molecule has 2 nitrogen and oxygen atoms in total. The van der Waals surface area contributed by atoms with Crippen molar-refractivity contribution in [1.29, 1.82) is 0 Å². The van der Waals surface area contributed by atoms with Gasteiger partial charge in [-0.05, 0) is 223 Å². The van der Waals surface area contributed by atoms with Crippen LogP contribution < -0.4 is 20.7 Å². The van der Waals surface area contributed by atoms with Gasteiger partial charge in [0.25, 0.3) is 0 Å². The first-order chi connectivity index (χ1) is 44.4. The zero-order valence-electron chi connectivity index (χ0n) is 56.2. The minimum absolute atomic E-state index is 0.0963. The highest BCUT2D eigenvalue weighted by Gasteiger charge is 2.22. The molecule has 0 aliphatic carbocycles. The molecule has 0 spiro atoms. The molecule has 458 valence electrons. The van der Waals surface area contributed by atoms with E-state index in [0.717, 1.165) is 93.0 Å². The number of hydrogen-bond acceptors (Lipinski definition) is 2. The first-order valence-electron chi connectivity index (χ1n) is 33.7. The molecule has 0 fully saturated rings. The van der Waals surface area contributed by atoms with Crippen molar-refractivity contribution in [3.8, 4) is 66.8 Å². The molecule has 11 rings (SSSR count). The Bertz CT molecular complexity index is 3950. The van der Waals surface area contributed by atoms with Crippen molar-refractivity contribution < 1.29 is 0 Å². The lowest BCUT2D eigenvalue weighted by Gasteiger charge is -2.28. The Hall–Kier alpha value is -8.85. The van der Waals surface area contributed by atoms with E-state index in [1.807, 2.05) is 24.3 Å². The maximum Gasteiger partial charge on any atom is 0.113 e. The minimum Gasteiger partial charge on any atom is -0.310 e. The topological polar surface area (TPSA) is 6.48 Å². The summed E-state index contributed by atoms with van der Waals surface area (Å²) in [5.41, 5.74) is 31.1. The molecule has 0 aliphatic heterocycles. The summed E-state index contributed by atoms with van der Waals surface area (Å²) >= 11 is 0. The van der Waals surface area contributed by atoms with Crippen molar-refractivity contribution in [1.82, 2.24) is 0 Å². The van der Waals surface area contributed by atoms with Crippen LogP contribution in [0.2, 0.25) is 0 Å². The third-order valence-electron chi connectivity index (χ3n) is 18.6. The highest BCUT2D eigenvalue weighted by Crippen LogP contribution is 2.44. The van der Waals surface area contributed by atoms with Crippen LogP contribution >= 0.6 is 0 Å². The Morgan fingerprint density at radius 3 is 0.772 bits per heavy atom. The Morgan fingerprint density at radius 2 is 0.522 bits per heavy atom. The molecule has 4 radical (unpaired) electrons. The maximum atomic E-state index is 6.12. The maximum absolute atomic E-state index is 6.12. The molecular formula is C88H90B2N2. The molecule has 0 bridgehead atoms. The summed E-state index contributed by atoms with van der Waals surface area (Å²) < 4.78 is 0. The van der Waals surface area contributed by atoms with Crippen molar-refractivity contribution >= 4 is 60.7 Å². The molecule has 0 atom stereocenters. The largest absolute Gasteiger partial charge is 0.310 e. The minimum atomic E-state index is 0.0963. The van der Waals surface area contributed by atoms with Gasteiger partial charge in [0.1, 0.15) is 15.7 Å². The summed E-state index contributed by atoms with van der Waals surface area (Å²) in [4.78, 5) is 4.83. The summed E-state index contributed by atoms with van der Waals surface area (Å²) in [6.07, 6.45) is 11.6. The van der Waals surface area contributed by atoms with Crippen LogP contribution in [0, 0.1) is 13.8 Å². The molecule has 0 saturated heterocycles. The van der Waals surface area contributed by atoms with E-state index in [0.29, 0.717) is 0 Å². The van der Waals surface area contributed by atoms with Gasteiger partial charge < -0.3 is 9.80 Å². The lowest BCUT2D eigenvalue weighted by Crippen LogP contribution is -2.11. The monoisotopic (exact) mass is 1200 g/mol. The van der Waals surface area contributed by atoms with Crippen LogP contribution in [0.25, 0.3) is 66.8 Å². The lowest BCUT2D eigenvalue weighted by atomic mass is 9.84. The summed E-state index contributed by atoms with van der Waals surface area (Å²) in [5.74, 6) is 0. The predicted molar refractivity (Wildman–Crippen MR) is 402 cm³/mol. The lowest BCUT2D eigenvalue weighted by molar-refractivity contribution is 0.590. The highest BCUT2D eigenvalue weighted by atomic mass is 15.1. The second-order valence-electron chi connectivity index (χ2n) is 27.5. The first kappa shape index (κ1) is 64.7. The van der Waals surface area contributed by atoms with E-state index in [1.54, 1.807) is 0 Å². The van der Waals surface area contributed by atoms with Crippen molar-refractivity contribution in [3.05, 3.63) is 276 Å². The Labute approximate surface area is 554 Å². The fraction of sp³-hybridized carbons (Fsp3) is 0.250. The second-order valence-corrected chi connectivity index (χ2v) is 27.5. The van der Waals surface area contributed by atoms with Crippen LogP contribution in [0.3, 0.4) is 0 Å². The van der Waals surface area contributed by atoms with Crippen molar-refractivity contribution in [2.45, 2.75) is 144 Å². The number of unbranched alkanes of at least 4 members (excludes halogenated alkanes) is 6. The molecule has 0 amide bonds. The molecule has 11 aromatic rings. The summed E-state index contributed by atoms with van der Waals surface area (Å²) in [6.45, 7) is 22.9. The molecular weight excluding hydrogens is 1110 g/mol. The van der Waals surface area contributed by atoms with Crippen molar-refractivity contribution in [3.63, 3.8) is 0 Å². The zero-order valence-corrected chi connectivity index (χ0v) is 56.2. The van der Waals surface area contributed by atoms with Crippen LogP contribution in [0.1, 0.15) is 140 Å². The van der Waals surface area contributed by atoms with Gasteiger partial charge >= 0.3 is 0 Å². The standard InChI is InChI=1S/C88H90B2N2/c1-11-13-15-17-19-71-59-86(84-56-54-82(58-62(84)4)92(80-51-35-70(36-52-80)66-27-43-76(90)44-28-66)78-47-31-68(32-48-78)64-23-39-74(40-24-64)88(8,9)10)72(20-18-16-14-12-2)60-85(71)83-55-53-81(57-61(83)3)91(79-49-33-69(34-50-79)65-25-41-75(89)42-26-65)77-45-29-67(30-46-77)63-21-37-73(38-22-63)87(5,6)7/h21-60H,11-20H2,1-10H3. The van der Waals surface area contributed by atoms with Crippen molar-refractivity contribution in [2.75, 3.05) is 9.80 Å². The normalized spacial score (nSPS) is 11.7. The van der Waals surface area contributed by atoms with Gasteiger partial charge in [-0.1, -0.05) is 275 Å². The molecule has 0 aliphatic rings. The van der Waals surface area contributed by atoms with E-state index >= 15 is 0 Å². The Balaban J connectivity index is 0.979. The van der Waals surface area contributed by atoms with Crippen LogP contribution in [-0.4, -0.2) is 15.7 Å². The zero-order chi connectivity index (χ0) is 64.5. The summed E-state index contributed by atoms with van der Waals surface area (Å²) in [5, 5.41) is 0. The Morgan fingerprint density at radius 1 is 0.272 bits per heavy atom. The smallest absolute Gasteiger partial charge is 0.113 e. The number of nitrogens with zero attached hydrogens (tertiary/aromatic N) is 2. The molecule has 0 saturated carbocycles. The van der Waals surface area contributed by atoms with Crippen LogP contribution in [0.4, 0.5) is 34.1 Å². The van der Waals surface area contributed by atoms with Crippen LogP contribution in [0.15, 0.2) is 243 Å².